The molecule has 1 heterocycles. The lowest BCUT2D eigenvalue weighted by Gasteiger charge is -2.15. The van der Waals surface area contributed by atoms with Gasteiger partial charge in [-0.3, -0.25) is 5.32 Å². The molecule has 0 aliphatic carbocycles. The van der Waals surface area contributed by atoms with Crippen LogP contribution >= 0.6 is 0 Å². The molecule has 0 spiro atoms. The SMILES string of the molecule is FC(F)(F)[C@@H]1NC[C@@H](COc2ccccc2)O1. The summed E-state index contributed by atoms with van der Waals surface area (Å²) in [4.78, 5) is 0. The Morgan fingerprint density at radius 1 is 1.29 bits per heavy atom. The predicted molar refractivity (Wildman–Crippen MR) is 54.7 cm³/mol. The van der Waals surface area contributed by atoms with Gasteiger partial charge in [0, 0.05) is 6.54 Å². The van der Waals surface area contributed by atoms with Crippen LogP contribution in [0.25, 0.3) is 0 Å². The van der Waals surface area contributed by atoms with E-state index in [9.17, 15) is 13.2 Å². The molecule has 2 rings (SSSR count). The fourth-order valence-corrected chi connectivity index (χ4v) is 1.52. The summed E-state index contributed by atoms with van der Waals surface area (Å²) < 4.78 is 46.9. The third-order valence-corrected chi connectivity index (χ3v) is 2.34. The minimum Gasteiger partial charge on any atom is -0.491 e. The van der Waals surface area contributed by atoms with Crippen molar-refractivity contribution in [2.45, 2.75) is 18.5 Å². The number of halogens is 3. The minimum absolute atomic E-state index is 0.101. The Morgan fingerprint density at radius 3 is 2.59 bits per heavy atom. The van der Waals surface area contributed by atoms with Crippen molar-refractivity contribution in [3.05, 3.63) is 30.3 Å². The van der Waals surface area contributed by atoms with Gasteiger partial charge in [0.05, 0.1) is 0 Å². The number of hydrogen-bond donors (Lipinski definition) is 1. The lowest BCUT2D eigenvalue weighted by Crippen LogP contribution is -2.38. The maximum absolute atomic E-state index is 12.3. The molecule has 0 bridgehead atoms. The lowest BCUT2D eigenvalue weighted by atomic mass is 10.3. The third-order valence-electron chi connectivity index (χ3n) is 2.34. The first-order valence-corrected chi connectivity index (χ1v) is 5.19. The van der Waals surface area contributed by atoms with Crippen LogP contribution in [0.3, 0.4) is 0 Å². The summed E-state index contributed by atoms with van der Waals surface area (Å²) in [5.41, 5.74) is 0. The predicted octanol–water partition coefficient (Wildman–Crippen LogP) is 1.94. The van der Waals surface area contributed by atoms with Crippen molar-refractivity contribution in [2.24, 2.45) is 0 Å². The highest BCUT2D eigenvalue weighted by Crippen LogP contribution is 2.25. The van der Waals surface area contributed by atoms with Gasteiger partial charge in [-0.1, -0.05) is 18.2 Å². The van der Waals surface area contributed by atoms with Gasteiger partial charge in [0.2, 0.25) is 6.23 Å². The van der Waals surface area contributed by atoms with E-state index >= 15 is 0 Å². The molecule has 1 aromatic carbocycles. The van der Waals surface area contributed by atoms with Crippen LogP contribution in [0.2, 0.25) is 0 Å². The maximum atomic E-state index is 12.3. The van der Waals surface area contributed by atoms with Crippen LogP contribution in [0, 0.1) is 0 Å². The Kier molecular flexibility index (Phi) is 3.54. The molecule has 1 N–H and O–H groups in total. The van der Waals surface area contributed by atoms with Gasteiger partial charge in [-0.2, -0.15) is 13.2 Å². The van der Waals surface area contributed by atoms with E-state index < -0.39 is 18.5 Å². The normalized spacial score (nSPS) is 24.9. The van der Waals surface area contributed by atoms with Gasteiger partial charge < -0.3 is 9.47 Å². The fourth-order valence-electron chi connectivity index (χ4n) is 1.52. The van der Waals surface area contributed by atoms with Gasteiger partial charge in [0.1, 0.15) is 18.5 Å². The number of ether oxygens (including phenoxy) is 2. The molecule has 6 heteroatoms. The van der Waals surface area contributed by atoms with E-state index in [1.54, 1.807) is 24.3 Å². The molecule has 1 aliphatic heterocycles. The first-order valence-electron chi connectivity index (χ1n) is 5.19. The average Bonchev–Trinajstić information content (AvgIpc) is 2.76. The Morgan fingerprint density at radius 2 is 2.00 bits per heavy atom. The molecular formula is C11H12F3NO2. The second kappa shape index (κ2) is 4.93. The molecule has 94 valence electrons. The molecule has 3 nitrogen and oxygen atoms in total. The standard InChI is InChI=1S/C11H12F3NO2/c12-11(13,14)10-15-6-9(17-10)7-16-8-4-2-1-3-5-8/h1-5,9-10,15H,6-7H2/t9-,10+/m0/s1. The molecule has 0 aromatic heterocycles. The molecule has 0 amide bonds. The molecule has 1 fully saturated rings. The number of rotatable bonds is 3. The van der Waals surface area contributed by atoms with Gasteiger partial charge in [-0.05, 0) is 12.1 Å². The Labute approximate surface area is 96.5 Å². The summed E-state index contributed by atoms with van der Waals surface area (Å²) in [7, 11) is 0. The van der Waals surface area contributed by atoms with E-state index in [0.717, 1.165) is 0 Å². The van der Waals surface area contributed by atoms with Gasteiger partial charge in [0.15, 0.2) is 0 Å². The van der Waals surface area contributed by atoms with Crippen LogP contribution in [0.5, 0.6) is 5.75 Å². The molecule has 1 aliphatic rings. The van der Waals surface area contributed by atoms with E-state index in [-0.39, 0.29) is 13.2 Å². The van der Waals surface area contributed by atoms with Crippen LogP contribution in [-0.4, -0.2) is 31.7 Å². The zero-order chi connectivity index (χ0) is 12.3. The van der Waals surface area contributed by atoms with Gasteiger partial charge in [-0.25, -0.2) is 0 Å². The highest BCUT2D eigenvalue weighted by molar-refractivity contribution is 5.20. The van der Waals surface area contributed by atoms with Crippen molar-refractivity contribution in [3.8, 4) is 5.75 Å². The summed E-state index contributed by atoms with van der Waals surface area (Å²) in [6.45, 7) is 0.237. The molecule has 17 heavy (non-hydrogen) atoms. The first kappa shape index (κ1) is 12.2. The Bertz CT molecular complexity index is 355. The number of para-hydroxylation sites is 1. The Balaban J connectivity index is 1.79. The van der Waals surface area contributed by atoms with Crippen LogP contribution in [-0.2, 0) is 4.74 Å². The highest BCUT2D eigenvalue weighted by Gasteiger charge is 2.45. The zero-order valence-electron chi connectivity index (χ0n) is 8.91. The van der Waals surface area contributed by atoms with Crippen molar-refractivity contribution in [1.82, 2.24) is 5.32 Å². The van der Waals surface area contributed by atoms with Crippen molar-refractivity contribution in [3.63, 3.8) is 0 Å². The molecular weight excluding hydrogens is 235 g/mol. The molecule has 0 saturated carbocycles. The van der Waals surface area contributed by atoms with Gasteiger partial charge in [0.25, 0.3) is 0 Å². The number of alkyl halides is 3. The second-order valence-corrected chi connectivity index (χ2v) is 3.71. The lowest BCUT2D eigenvalue weighted by molar-refractivity contribution is -0.221. The van der Waals surface area contributed by atoms with E-state index in [0.29, 0.717) is 5.75 Å². The number of hydrogen-bond acceptors (Lipinski definition) is 3. The first-order chi connectivity index (χ1) is 8.05. The summed E-state index contributed by atoms with van der Waals surface area (Å²) >= 11 is 0. The molecule has 1 aromatic rings. The summed E-state index contributed by atoms with van der Waals surface area (Å²) in [5, 5.41) is 2.26. The molecule has 0 radical (unpaired) electrons. The zero-order valence-corrected chi connectivity index (χ0v) is 8.91. The summed E-state index contributed by atoms with van der Waals surface area (Å²) in [6.07, 6.45) is -6.84. The van der Waals surface area contributed by atoms with Crippen molar-refractivity contribution >= 4 is 0 Å². The number of benzene rings is 1. The van der Waals surface area contributed by atoms with Gasteiger partial charge >= 0.3 is 6.18 Å². The summed E-state index contributed by atoms with van der Waals surface area (Å²) in [5.74, 6) is 0.617. The van der Waals surface area contributed by atoms with E-state index in [4.69, 9.17) is 9.47 Å². The maximum Gasteiger partial charge on any atom is 0.428 e. The van der Waals surface area contributed by atoms with Crippen molar-refractivity contribution < 1.29 is 22.6 Å². The summed E-state index contributed by atoms with van der Waals surface area (Å²) in [6, 6.07) is 8.90. The van der Waals surface area contributed by atoms with Crippen LogP contribution in [0.4, 0.5) is 13.2 Å². The molecule has 1 saturated heterocycles. The van der Waals surface area contributed by atoms with Crippen LogP contribution in [0.1, 0.15) is 0 Å². The van der Waals surface area contributed by atoms with E-state index in [1.165, 1.54) is 0 Å². The highest BCUT2D eigenvalue weighted by atomic mass is 19.4. The second-order valence-electron chi connectivity index (χ2n) is 3.71. The fraction of sp³-hybridized carbons (Fsp3) is 0.455. The van der Waals surface area contributed by atoms with Crippen molar-refractivity contribution in [2.75, 3.05) is 13.2 Å². The smallest absolute Gasteiger partial charge is 0.428 e. The van der Waals surface area contributed by atoms with E-state index in [2.05, 4.69) is 5.32 Å². The number of nitrogens with one attached hydrogen (secondary N) is 1. The minimum atomic E-state index is -4.37. The largest absolute Gasteiger partial charge is 0.491 e. The van der Waals surface area contributed by atoms with Crippen LogP contribution < -0.4 is 10.1 Å². The third kappa shape index (κ3) is 3.34. The molecule has 0 unspecified atom stereocenters. The van der Waals surface area contributed by atoms with E-state index in [1.807, 2.05) is 6.07 Å². The Hall–Kier alpha value is -1.27. The average molecular weight is 247 g/mol. The monoisotopic (exact) mass is 247 g/mol. The molecule has 2 atom stereocenters. The van der Waals surface area contributed by atoms with Crippen LogP contribution in [0.15, 0.2) is 30.3 Å². The topological polar surface area (TPSA) is 30.5 Å². The van der Waals surface area contributed by atoms with Crippen molar-refractivity contribution in [1.29, 1.82) is 0 Å². The quantitative estimate of drug-likeness (QED) is 0.885. The van der Waals surface area contributed by atoms with Gasteiger partial charge in [-0.15, -0.1) is 0 Å².